The predicted octanol–water partition coefficient (Wildman–Crippen LogP) is 0.487. The quantitative estimate of drug-likeness (QED) is 0.858. The van der Waals surface area contributed by atoms with Gasteiger partial charge >= 0.3 is 0 Å². The lowest BCUT2D eigenvalue weighted by molar-refractivity contribution is 0.0219. The largest absolute Gasteiger partial charge is 0.393 e. The second-order valence-electron chi connectivity index (χ2n) is 5.58. The van der Waals surface area contributed by atoms with Gasteiger partial charge in [-0.15, -0.1) is 0 Å². The average molecular weight is 285 g/mol. The maximum absolute atomic E-state index is 12.7. The van der Waals surface area contributed by atoms with Crippen LogP contribution >= 0.6 is 0 Å². The molecule has 1 unspecified atom stereocenters. The molecule has 2 bridgehead atoms. The Bertz CT molecular complexity index is 555. The zero-order valence-corrected chi connectivity index (χ0v) is 11.8. The van der Waals surface area contributed by atoms with Gasteiger partial charge in [0.2, 0.25) is 0 Å². The number of aromatic nitrogens is 2. The smallest absolute Gasteiger partial charge is 0.262 e. The van der Waals surface area contributed by atoms with Crippen molar-refractivity contribution in [3.05, 3.63) is 12.5 Å². The Morgan fingerprint density at radius 2 is 1.95 bits per heavy atom. The van der Waals surface area contributed by atoms with Crippen LogP contribution in [0, 0.1) is 0 Å². The maximum atomic E-state index is 12.7. The molecule has 3 atom stereocenters. The van der Waals surface area contributed by atoms with E-state index in [4.69, 9.17) is 0 Å². The first kappa shape index (κ1) is 13.1. The molecule has 106 valence electrons. The first-order valence-electron chi connectivity index (χ1n) is 6.68. The van der Waals surface area contributed by atoms with E-state index >= 15 is 0 Å². The van der Waals surface area contributed by atoms with Gasteiger partial charge in [0.1, 0.15) is 0 Å². The van der Waals surface area contributed by atoms with Crippen molar-refractivity contribution in [3.8, 4) is 0 Å². The van der Waals surface area contributed by atoms with Crippen LogP contribution in [0.1, 0.15) is 32.1 Å². The van der Waals surface area contributed by atoms with Crippen molar-refractivity contribution in [2.45, 2.75) is 55.3 Å². The molecule has 19 heavy (non-hydrogen) atoms. The van der Waals surface area contributed by atoms with Crippen LogP contribution in [-0.4, -0.2) is 45.6 Å². The second-order valence-corrected chi connectivity index (χ2v) is 7.37. The number of aliphatic hydroxyl groups excluding tert-OH is 1. The van der Waals surface area contributed by atoms with Gasteiger partial charge in [-0.3, -0.25) is 0 Å². The molecule has 2 fully saturated rings. The average Bonchev–Trinajstić information content (AvgIpc) is 2.75. The summed E-state index contributed by atoms with van der Waals surface area (Å²) < 4.78 is 28.6. The summed E-state index contributed by atoms with van der Waals surface area (Å²) >= 11 is 0. The summed E-state index contributed by atoms with van der Waals surface area (Å²) in [5.41, 5.74) is 0. The highest BCUT2D eigenvalue weighted by Crippen LogP contribution is 2.37. The van der Waals surface area contributed by atoms with Gasteiger partial charge < -0.3 is 9.67 Å². The molecular weight excluding hydrogens is 266 g/mol. The molecule has 0 saturated carbocycles. The highest BCUT2D eigenvalue weighted by molar-refractivity contribution is 7.89. The predicted molar refractivity (Wildman–Crippen MR) is 68.9 cm³/mol. The lowest BCUT2D eigenvalue weighted by Gasteiger charge is -2.46. The highest BCUT2D eigenvalue weighted by Gasteiger charge is 2.45. The molecule has 0 amide bonds. The molecule has 0 radical (unpaired) electrons. The number of fused-ring (bicyclic) bond motifs is 2. The molecule has 0 spiro atoms. The molecule has 1 aromatic heterocycles. The van der Waals surface area contributed by atoms with Gasteiger partial charge in [-0.1, -0.05) is 6.42 Å². The summed E-state index contributed by atoms with van der Waals surface area (Å²) in [5, 5.41) is 9.95. The summed E-state index contributed by atoms with van der Waals surface area (Å²) in [4.78, 5) is 3.98. The van der Waals surface area contributed by atoms with Crippen LogP contribution in [0.15, 0.2) is 17.6 Å². The number of sulfonamides is 1. The van der Waals surface area contributed by atoms with Crippen LogP contribution in [0.2, 0.25) is 0 Å². The molecular formula is C12H19N3O3S. The van der Waals surface area contributed by atoms with Crippen molar-refractivity contribution < 1.29 is 13.5 Å². The SMILES string of the molecule is Cn1cnc(S(=O)(=O)N2[C@@H]3CCC[C@H]2CC(O)C3)c1. The van der Waals surface area contributed by atoms with Gasteiger partial charge in [-0.25, -0.2) is 13.4 Å². The number of piperidine rings is 2. The summed E-state index contributed by atoms with van der Waals surface area (Å²) in [5.74, 6) is 0. The summed E-state index contributed by atoms with van der Waals surface area (Å²) in [6.07, 6.45) is 6.46. The van der Waals surface area contributed by atoms with Gasteiger partial charge in [-0.05, 0) is 25.7 Å². The third-order valence-electron chi connectivity index (χ3n) is 4.11. The lowest BCUT2D eigenvalue weighted by atomic mass is 9.85. The highest BCUT2D eigenvalue weighted by atomic mass is 32.2. The topological polar surface area (TPSA) is 75.4 Å². The van der Waals surface area contributed by atoms with Crippen molar-refractivity contribution in [2.75, 3.05) is 0 Å². The van der Waals surface area contributed by atoms with Gasteiger partial charge in [0, 0.05) is 25.3 Å². The Morgan fingerprint density at radius 3 is 2.47 bits per heavy atom. The molecule has 3 heterocycles. The van der Waals surface area contributed by atoms with Gasteiger partial charge in [0.25, 0.3) is 10.0 Å². The van der Waals surface area contributed by atoms with E-state index in [2.05, 4.69) is 4.98 Å². The zero-order chi connectivity index (χ0) is 13.6. The number of hydrogen-bond acceptors (Lipinski definition) is 4. The molecule has 2 aliphatic heterocycles. The van der Waals surface area contributed by atoms with E-state index in [1.807, 2.05) is 0 Å². The molecule has 1 aromatic rings. The van der Waals surface area contributed by atoms with Crippen LogP contribution in [0.5, 0.6) is 0 Å². The number of aryl methyl sites for hydroxylation is 1. The fourth-order valence-electron chi connectivity index (χ4n) is 3.33. The van der Waals surface area contributed by atoms with E-state index in [-0.39, 0.29) is 23.2 Å². The Hall–Kier alpha value is -0.920. The zero-order valence-electron chi connectivity index (χ0n) is 10.9. The van der Waals surface area contributed by atoms with Crippen LogP contribution in [0.25, 0.3) is 0 Å². The van der Waals surface area contributed by atoms with Gasteiger partial charge in [0.15, 0.2) is 5.03 Å². The monoisotopic (exact) mass is 285 g/mol. The molecule has 0 aromatic carbocycles. The van der Waals surface area contributed by atoms with Crippen molar-refractivity contribution in [2.24, 2.45) is 7.05 Å². The van der Waals surface area contributed by atoms with Crippen LogP contribution < -0.4 is 0 Å². The molecule has 0 aliphatic carbocycles. The van der Waals surface area contributed by atoms with Crippen molar-refractivity contribution >= 4 is 10.0 Å². The molecule has 6 nitrogen and oxygen atoms in total. The number of aliphatic hydroxyl groups is 1. The van der Waals surface area contributed by atoms with Gasteiger partial charge in [0.05, 0.1) is 12.4 Å². The minimum atomic E-state index is -3.53. The minimum absolute atomic E-state index is 0.0745. The van der Waals surface area contributed by atoms with Crippen LogP contribution in [0.4, 0.5) is 0 Å². The molecule has 7 heteroatoms. The minimum Gasteiger partial charge on any atom is -0.393 e. The Labute approximate surface area is 113 Å². The van der Waals surface area contributed by atoms with E-state index in [0.29, 0.717) is 12.8 Å². The normalized spacial score (nSPS) is 32.4. The third-order valence-corrected chi connectivity index (χ3v) is 6.00. The van der Waals surface area contributed by atoms with E-state index in [1.54, 1.807) is 15.9 Å². The fourth-order valence-corrected chi connectivity index (χ4v) is 5.20. The number of imidazole rings is 1. The standard InChI is InChI=1S/C12H19N3O3S/c1-14-7-12(13-8-14)19(17,18)15-9-3-2-4-10(15)6-11(16)5-9/h7-11,16H,2-6H2,1H3/t9-,10+,11?. The first-order valence-corrected chi connectivity index (χ1v) is 8.12. The summed E-state index contributed by atoms with van der Waals surface area (Å²) in [7, 11) is -1.78. The van der Waals surface area contributed by atoms with E-state index in [0.717, 1.165) is 19.3 Å². The van der Waals surface area contributed by atoms with Crippen molar-refractivity contribution in [3.63, 3.8) is 0 Å². The molecule has 2 saturated heterocycles. The maximum Gasteiger partial charge on any atom is 0.262 e. The van der Waals surface area contributed by atoms with Gasteiger partial charge in [-0.2, -0.15) is 4.31 Å². The van der Waals surface area contributed by atoms with Crippen LogP contribution in [0.3, 0.4) is 0 Å². The molecule has 2 aliphatic rings. The van der Waals surface area contributed by atoms with Crippen LogP contribution in [-0.2, 0) is 17.1 Å². The number of hydrogen-bond donors (Lipinski definition) is 1. The second kappa shape index (κ2) is 4.57. The number of rotatable bonds is 2. The Balaban J connectivity index is 1.96. The third kappa shape index (κ3) is 2.19. The van der Waals surface area contributed by atoms with E-state index < -0.39 is 10.0 Å². The first-order chi connectivity index (χ1) is 8.98. The fraction of sp³-hybridized carbons (Fsp3) is 0.750. The Morgan fingerprint density at radius 1 is 1.32 bits per heavy atom. The van der Waals surface area contributed by atoms with Crippen molar-refractivity contribution in [1.29, 1.82) is 0 Å². The summed E-state index contributed by atoms with van der Waals surface area (Å²) in [6, 6.07) is -0.149. The van der Waals surface area contributed by atoms with Crippen molar-refractivity contribution in [1.82, 2.24) is 13.9 Å². The van der Waals surface area contributed by atoms with E-state index in [9.17, 15) is 13.5 Å². The lowest BCUT2D eigenvalue weighted by Crippen LogP contribution is -2.55. The molecule has 1 N–H and O–H groups in total. The van der Waals surface area contributed by atoms with E-state index in [1.165, 1.54) is 12.5 Å². The number of nitrogens with zero attached hydrogens (tertiary/aromatic N) is 3. The molecule has 3 rings (SSSR count). The Kier molecular flexibility index (Phi) is 3.15. The summed E-state index contributed by atoms with van der Waals surface area (Å²) in [6.45, 7) is 0.